The minimum atomic E-state index is -1.08. The third-order valence-electron chi connectivity index (χ3n) is 1.49. The first kappa shape index (κ1) is 11.9. The van der Waals surface area contributed by atoms with Crippen molar-refractivity contribution >= 4 is 11.9 Å². The van der Waals surface area contributed by atoms with Gasteiger partial charge in [0.2, 0.25) is 5.91 Å². The number of amides is 1. The van der Waals surface area contributed by atoms with Crippen LogP contribution in [0.4, 0.5) is 0 Å². The van der Waals surface area contributed by atoms with Crippen LogP contribution in [-0.2, 0) is 9.59 Å². The topological polar surface area (TPSA) is 72.5 Å². The van der Waals surface area contributed by atoms with E-state index in [0.717, 1.165) is 6.42 Å². The van der Waals surface area contributed by atoms with Crippen LogP contribution in [-0.4, -0.2) is 43.5 Å². The Bertz CT molecular complexity index is 182. The lowest BCUT2D eigenvalue weighted by molar-refractivity contribution is -0.306. The van der Waals surface area contributed by atoms with Crippen LogP contribution in [0.15, 0.2) is 0 Å². The maximum atomic E-state index is 10.4. The zero-order valence-corrected chi connectivity index (χ0v) is 8.00. The summed E-state index contributed by atoms with van der Waals surface area (Å²) in [6.45, 7) is 2.59. The molecule has 0 saturated carbocycles. The smallest absolute Gasteiger partial charge is 0.216 e. The molecule has 76 valence electrons. The molecule has 0 atom stereocenters. The number of rotatable bonds is 6. The van der Waals surface area contributed by atoms with Crippen LogP contribution in [0.1, 0.15) is 13.3 Å². The predicted molar refractivity (Wildman–Crippen MR) is 45.8 cm³/mol. The van der Waals surface area contributed by atoms with Crippen molar-refractivity contribution < 1.29 is 14.7 Å². The van der Waals surface area contributed by atoms with Crippen LogP contribution in [0, 0.1) is 0 Å². The molecular weight excluding hydrogens is 172 g/mol. The van der Waals surface area contributed by atoms with E-state index in [1.807, 2.05) is 0 Å². The Balaban J connectivity index is 3.31. The summed E-state index contributed by atoms with van der Waals surface area (Å²) >= 11 is 0. The number of carbonyl (C=O) groups is 2. The van der Waals surface area contributed by atoms with Gasteiger partial charge in [0, 0.05) is 20.0 Å². The van der Waals surface area contributed by atoms with Crippen LogP contribution in [0.2, 0.25) is 0 Å². The van der Waals surface area contributed by atoms with Gasteiger partial charge >= 0.3 is 0 Å². The van der Waals surface area contributed by atoms with Crippen LogP contribution >= 0.6 is 0 Å². The molecule has 0 spiro atoms. The van der Waals surface area contributed by atoms with Crippen molar-refractivity contribution in [2.24, 2.45) is 0 Å². The average Bonchev–Trinajstić information content (AvgIpc) is 1.96. The lowest BCUT2D eigenvalue weighted by atomic mass is 10.4. The first-order valence-corrected chi connectivity index (χ1v) is 4.15. The zero-order chi connectivity index (χ0) is 10.3. The number of nitrogens with one attached hydrogen (secondary N) is 1. The molecule has 0 aromatic heterocycles. The molecule has 0 aliphatic heterocycles. The Morgan fingerprint density at radius 3 is 2.54 bits per heavy atom. The maximum Gasteiger partial charge on any atom is 0.216 e. The first-order valence-electron chi connectivity index (χ1n) is 4.15. The molecule has 0 saturated heterocycles. The highest BCUT2D eigenvalue weighted by Gasteiger charge is 1.97. The normalized spacial score (nSPS) is 10.1. The first-order chi connectivity index (χ1) is 6.02. The second-order valence-corrected chi connectivity index (χ2v) is 2.95. The predicted octanol–water partition coefficient (Wildman–Crippen LogP) is -1.81. The average molecular weight is 187 g/mol. The Morgan fingerprint density at radius 1 is 1.46 bits per heavy atom. The van der Waals surface area contributed by atoms with Gasteiger partial charge in [0.1, 0.15) is 0 Å². The van der Waals surface area contributed by atoms with Gasteiger partial charge in [-0.1, -0.05) is 0 Å². The Morgan fingerprint density at radius 2 is 2.08 bits per heavy atom. The number of carboxylic acid groups (broad SMARTS) is 1. The van der Waals surface area contributed by atoms with Gasteiger partial charge in [-0.05, 0) is 20.0 Å². The van der Waals surface area contributed by atoms with Crippen molar-refractivity contribution in [2.75, 3.05) is 26.7 Å². The number of hydrogen-bond donors (Lipinski definition) is 1. The fourth-order valence-corrected chi connectivity index (χ4v) is 0.913. The van der Waals surface area contributed by atoms with Gasteiger partial charge in [-0.15, -0.1) is 0 Å². The molecule has 0 aliphatic carbocycles. The van der Waals surface area contributed by atoms with Gasteiger partial charge in [-0.3, -0.25) is 4.79 Å². The molecule has 1 N–H and O–H groups in total. The minimum absolute atomic E-state index is 0.0671. The summed E-state index contributed by atoms with van der Waals surface area (Å²) in [6, 6.07) is 0. The van der Waals surface area contributed by atoms with Crippen LogP contribution in [0.5, 0.6) is 0 Å². The largest absolute Gasteiger partial charge is 0.549 e. The summed E-state index contributed by atoms with van der Waals surface area (Å²) in [5, 5.41) is 12.8. The van der Waals surface area contributed by atoms with E-state index in [1.54, 1.807) is 11.9 Å². The van der Waals surface area contributed by atoms with Crippen LogP contribution in [0.3, 0.4) is 0 Å². The molecule has 0 aliphatic rings. The summed E-state index contributed by atoms with van der Waals surface area (Å²) in [4.78, 5) is 22.2. The van der Waals surface area contributed by atoms with Gasteiger partial charge in [0.15, 0.2) is 0 Å². The van der Waals surface area contributed by atoms with E-state index in [0.29, 0.717) is 13.1 Å². The molecule has 0 aromatic rings. The molecule has 0 aromatic carbocycles. The number of nitrogens with zero attached hydrogens (tertiary/aromatic N) is 1. The summed E-state index contributed by atoms with van der Waals surface area (Å²) in [5.74, 6) is -1.15. The van der Waals surface area contributed by atoms with E-state index in [1.165, 1.54) is 6.92 Å². The highest BCUT2D eigenvalue weighted by Crippen LogP contribution is 1.84. The van der Waals surface area contributed by atoms with Crippen molar-refractivity contribution in [1.82, 2.24) is 10.2 Å². The lowest BCUT2D eigenvalue weighted by Crippen LogP contribution is -2.37. The Hall–Kier alpha value is -1.10. The summed E-state index contributed by atoms with van der Waals surface area (Å²) in [7, 11) is 1.70. The summed E-state index contributed by atoms with van der Waals surface area (Å²) in [5.41, 5.74) is 0. The van der Waals surface area contributed by atoms with Gasteiger partial charge in [-0.2, -0.15) is 0 Å². The molecule has 0 unspecified atom stereocenters. The van der Waals surface area contributed by atoms with E-state index < -0.39 is 5.97 Å². The van der Waals surface area contributed by atoms with Gasteiger partial charge in [0.25, 0.3) is 0 Å². The highest BCUT2D eigenvalue weighted by molar-refractivity contribution is 5.72. The van der Waals surface area contributed by atoms with Crippen molar-refractivity contribution in [2.45, 2.75) is 13.3 Å². The molecular formula is C8H15N2O3-. The van der Waals surface area contributed by atoms with Crippen LogP contribution in [0.25, 0.3) is 0 Å². The molecule has 0 radical (unpaired) electrons. The molecule has 0 fully saturated rings. The van der Waals surface area contributed by atoms with E-state index >= 15 is 0 Å². The van der Waals surface area contributed by atoms with Gasteiger partial charge in [-0.25, -0.2) is 0 Å². The molecule has 0 rings (SSSR count). The quantitative estimate of drug-likeness (QED) is 0.498. The number of carbonyl (C=O) groups excluding carboxylic acids is 2. The second-order valence-electron chi connectivity index (χ2n) is 2.95. The molecule has 1 amide bonds. The standard InChI is InChI=1S/C8H16N2O3/c1-7(11)9-4-3-5-10(2)6-8(12)13/h3-6H2,1-2H3,(H,9,11)(H,12,13)/p-1. The molecule has 5 heteroatoms. The third kappa shape index (κ3) is 8.81. The maximum absolute atomic E-state index is 10.4. The molecule has 13 heavy (non-hydrogen) atoms. The van der Waals surface area contributed by atoms with Gasteiger partial charge < -0.3 is 20.1 Å². The van der Waals surface area contributed by atoms with Crippen molar-refractivity contribution in [1.29, 1.82) is 0 Å². The van der Waals surface area contributed by atoms with Crippen LogP contribution < -0.4 is 10.4 Å². The molecule has 5 nitrogen and oxygen atoms in total. The second kappa shape index (κ2) is 6.42. The van der Waals surface area contributed by atoms with E-state index in [4.69, 9.17) is 0 Å². The Labute approximate surface area is 77.7 Å². The SMILES string of the molecule is CC(=O)NCCCN(C)CC(=O)[O-]. The third-order valence-corrected chi connectivity index (χ3v) is 1.49. The lowest BCUT2D eigenvalue weighted by Gasteiger charge is -2.16. The van der Waals surface area contributed by atoms with E-state index in [-0.39, 0.29) is 12.5 Å². The van der Waals surface area contributed by atoms with Gasteiger partial charge in [0.05, 0.1) is 5.97 Å². The Kier molecular flexibility index (Phi) is 5.88. The number of hydrogen-bond acceptors (Lipinski definition) is 4. The summed E-state index contributed by atoms with van der Waals surface area (Å²) in [6.07, 6.45) is 0.739. The fraction of sp³-hybridized carbons (Fsp3) is 0.750. The van der Waals surface area contributed by atoms with E-state index in [9.17, 15) is 14.7 Å². The minimum Gasteiger partial charge on any atom is -0.549 e. The van der Waals surface area contributed by atoms with E-state index in [2.05, 4.69) is 5.32 Å². The number of aliphatic carboxylic acids is 1. The van der Waals surface area contributed by atoms with Crippen molar-refractivity contribution in [3.63, 3.8) is 0 Å². The number of likely N-dealkylation sites (N-methyl/N-ethyl adjacent to an activating group) is 1. The van der Waals surface area contributed by atoms with Crippen molar-refractivity contribution in [3.05, 3.63) is 0 Å². The molecule has 0 heterocycles. The molecule has 0 bridgehead atoms. The zero-order valence-electron chi connectivity index (χ0n) is 8.00. The highest BCUT2D eigenvalue weighted by atomic mass is 16.4. The summed E-state index contributed by atoms with van der Waals surface area (Å²) < 4.78 is 0. The monoisotopic (exact) mass is 187 g/mol. The number of carboxylic acids is 1. The fourth-order valence-electron chi connectivity index (χ4n) is 0.913. The van der Waals surface area contributed by atoms with Crippen molar-refractivity contribution in [3.8, 4) is 0 Å².